The minimum atomic E-state index is -1.59. The maximum atomic E-state index is 12.8. The molecule has 2 aromatic carbocycles. The lowest BCUT2D eigenvalue weighted by Gasteiger charge is -2.38. The van der Waals surface area contributed by atoms with E-state index in [0.717, 1.165) is 16.9 Å². The highest BCUT2D eigenvalue weighted by Gasteiger charge is 2.49. The minimum Gasteiger partial charge on any atom is -0.497 e. The van der Waals surface area contributed by atoms with Crippen LogP contribution in [0.3, 0.4) is 0 Å². The highest BCUT2D eigenvalue weighted by Crippen LogP contribution is 2.37. The van der Waals surface area contributed by atoms with Crippen molar-refractivity contribution in [1.29, 1.82) is 0 Å². The zero-order valence-electron chi connectivity index (χ0n) is 16.0. The maximum Gasteiger partial charge on any atom is 0.280 e. The van der Waals surface area contributed by atoms with Gasteiger partial charge in [-0.3, -0.25) is 9.59 Å². The first-order chi connectivity index (χ1) is 12.8. The van der Waals surface area contributed by atoms with Crippen LogP contribution in [0.2, 0.25) is 0 Å². The van der Waals surface area contributed by atoms with Gasteiger partial charge in [-0.15, -0.1) is 0 Å². The number of hydrogen-bond acceptors (Lipinski definition) is 4. The first-order valence-electron chi connectivity index (χ1n) is 8.84. The largest absolute Gasteiger partial charge is 0.497 e. The van der Waals surface area contributed by atoms with Gasteiger partial charge in [-0.1, -0.05) is 18.2 Å². The number of methoxy groups -OCH3 is 1. The number of amides is 2. The Hall–Kier alpha value is -3.02. The molecule has 6 heteroatoms. The number of anilines is 1. The van der Waals surface area contributed by atoms with Gasteiger partial charge in [-0.2, -0.15) is 0 Å². The number of ether oxygens (including phenoxy) is 2. The Labute approximate surface area is 159 Å². The molecule has 0 saturated carbocycles. The van der Waals surface area contributed by atoms with Crippen LogP contribution in [0.4, 0.5) is 5.69 Å². The lowest BCUT2D eigenvalue weighted by Crippen LogP contribution is -2.61. The SMILES string of the molecule is COc1ccc(CCNC(=O)C2(C)Oc3ccc(C)cc3N(C)C2=O)cc1. The monoisotopic (exact) mass is 368 g/mol. The van der Waals surface area contributed by atoms with Crippen molar-refractivity contribution in [3.05, 3.63) is 53.6 Å². The molecule has 0 aliphatic carbocycles. The smallest absolute Gasteiger partial charge is 0.280 e. The quantitative estimate of drug-likeness (QED) is 0.824. The summed E-state index contributed by atoms with van der Waals surface area (Å²) in [4.78, 5) is 27.0. The molecule has 27 heavy (non-hydrogen) atoms. The zero-order chi connectivity index (χ0) is 19.6. The summed E-state index contributed by atoms with van der Waals surface area (Å²) in [5.74, 6) is 0.477. The normalized spacial score (nSPS) is 18.5. The van der Waals surface area contributed by atoms with Gasteiger partial charge in [-0.05, 0) is 55.7 Å². The first kappa shape index (κ1) is 18.8. The first-order valence-corrected chi connectivity index (χ1v) is 8.84. The van der Waals surface area contributed by atoms with Gasteiger partial charge < -0.3 is 19.7 Å². The molecule has 0 bridgehead atoms. The molecule has 1 heterocycles. The van der Waals surface area contributed by atoms with Crippen LogP contribution < -0.4 is 19.7 Å². The van der Waals surface area contributed by atoms with E-state index in [1.807, 2.05) is 43.3 Å². The van der Waals surface area contributed by atoms with Gasteiger partial charge in [0.25, 0.3) is 17.4 Å². The fourth-order valence-corrected chi connectivity index (χ4v) is 3.09. The van der Waals surface area contributed by atoms with Crippen molar-refractivity contribution in [2.24, 2.45) is 0 Å². The molecular weight excluding hydrogens is 344 g/mol. The third-order valence-electron chi connectivity index (χ3n) is 4.79. The summed E-state index contributed by atoms with van der Waals surface area (Å²) in [6.07, 6.45) is 0.644. The Morgan fingerprint density at radius 2 is 1.93 bits per heavy atom. The van der Waals surface area contributed by atoms with E-state index in [-0.39, 0.29) is 5.91 Å². The predicted octanol–water partition coefficient (Wildman–Crippen LogP) is 2.48. The molecule has 142 valence electrons. The number of benzene rings is 2. The number of nitrogens with one attached hydrogen (secondary N) is 1. The van der Waals surface area contributed by atoms with Crippen LogP contribution in [0, 0.1) is 6.92 Å². The molecule has 0 saturated heterocycles. The number of carbonyl (C=O) groups excluding carboxylic acids is 2. The van der Waals surface area contributed by atoms with E-state index in [0.29, 0.717) is 24.4 Å². The van der Waals surface area contributed by atoms with Gasteiger partial charge in [0, 0.05) is 13.6 Å². The van der Waals surface area contributed by atoms with E-state index < -0.39 is 11.5 Å². The summed E-state index contributed by atoms with van der Waals surface area (Å²) in [6.45, 7) is 3.86. The standard InChI is InChI=1S/C21H24N2O4/c1-14-5-10-18-17(13-14)23(3)20(25)21(2,27-18)19(24)22-12-11-15-6-8-16(26-4)9-7-15/h5-10,13H,11-12H2,1-4H3,(H,22,24). The second-order valence-corrected chi connectivity index (χ2v) is 6.82. The van der Waals surface area contributed by atoms with E-state index in [2.05, 4.69) is 5.32 Å². The molecule has 6 nitrogen and oxygen atoms in total. The summed E-state index contributed by atoms with van der Waals surface area (Å²) >= 11 is 0. The van der Waals surface area contributed by atoms with Crippen LogP contribution in [0.1, 0.15) is 18.1 Å². The van der Waals surface area contributed by atoms with Crippen LogP contribution in [0.25, 0.3) is 0 Å². The Bertz CT molecular complexity index is 863. The molecule has 1 unspecified atom stereocenters. The van der Waals surface area contributed by atoms with Gasteiger partial charge in [0.15, 0.2) is 0 Å². The second-order valence-electron chi connectivity index (χ2n) is 6.82. The topological polar surface area (TPSA) is 67.9 Å². The van der Waals surface area contributed by atoms with Crippen molar-refractivity contribution in [1.82, 2.24) is 5.32 Å². The highest BCUT2D eigenvalue weighted by molar-refractivity contribution is 6.16. The number of likely N-dealkylation sites (N-methyl/N-ethyl adjacent to an activating group) is 1. The highest BCUT2D eigenvalue weighted by atomic mass is 16.5. The van der Waals surface area contributed by atoms with Crippen LogP contribution in [0.15, 0.2) is 42.5 Å². The molecular formula is C21H24N2O4. The van der Waals surface area contributed by atoms with E-state index in [9.17, 15) is 9.59 Å². The third-order valence-corrected chi connectivity index (χ3v) is 4.79. The number of fused-ring (bicyclic) bond motifs is 1. The summed E-state index contributed by atoms with van der Waals surface area (Å²) in [7, 11) is 3.28. The van der Waals surface area contributed by atoms with Crippen molar-refractivity contribution in [2.45, 2.75) is 25.9 Å². The van der Waals surface area contributed by atoms with E-state index in [1.165, 1.54) is 11.8 Å². The summed E-state index contributed by atoms with van der Waals surface area (Å²) in [5, 5.41) is 2.82. The molecule has 1 aliphatic rings. The molecule has 3 rings (SSSR count). The molecule has 1 N–H and O–H groups in total. The Morgan fingerprint density at radius 3 is 2.59 bits per heavy atom. The van der Waals surface area contributed by atoms with Crippen molar-refractivity contribution < 1.29 is 19.1 Å². The Morgan fingerprint density at radius 1 is 1.22 bits per heavy atom. The number of aryl methyl sites for hydroxylation is 1. The Kier molecular flexibility index (Phi) is 5.08. The summed E-state index contributed by atoms with van der Waals surface area (Å²) in [6, 6.07) is 13.2. The lowest BCUT2D eigenvalue weighted by atomic mass is 9.99. The van der Waals surface area contributed by atoms with E-state index in [1.54, 1.807) is 20.2 Å². The second kappa shape index (κ2) is 7.31. The van der Waals surface area contributed by atoms with Crippen molar-refractivity contribution in [2.75, 3.05) is 25.6 Å². The molecule has 0 fully saturated rings. The molecule has 0 aromatic heterocycles. The van der Waals surface area contributed by atoms with Crippen molar-refractivity contribution in [3.63, 3.8) is 0 Å². The fourth-order valence-electron chi connectivity index (χ4n) is 3.09. The molecule has 2 aromatic rings. The van der Waals surface area contributed by atoms with Gasteiger partial charge in [0.1, 0.15) is 11.5 Å². The van der Waals surface area contributed by atoms with Gasteiger partial charge in [0.2, 0.25) is 0 Å². The maximum absolute atomic E-state index is 12.8. The van der Waals surface area contributed by atoms with Gasteiger partial charge >= 0.3 is 0 Å². The van der Waals surface area contributed by atoms with Crippen LogP contribution >= 0.6 is 0 Å². The number of rotatable bonds is 5. The van der Waals surface area contributed by atoms with E-state index in [4.69, 9.17) is 9.47 Å². The average Bonchev–Trinajstić information content (AvgIpc) is 2.67. The fraction of sp³-hybridized carbons (Fsp3) is 0.333. The predicted molar refractivity (Wildman–Crippen MR) is 103 cm³/mol. The van der Waals surface area contributed by atoms with Crippen LogP contribution in [-0.2, 0) is 16.0 Å². The molecule has 1 aliphatic heterocycles. The Balaban J connectivity index is 1.68. The van der Waals surface area contributed by atoms with Crippen LogP contribution in [0.5, 0.6) is 11.5 Å². The van der Waals surface area contributed by atoms with E-state index >= 15 is 0 Å². The minimum absolute atomic E-state index is 0.387. The van der Waals surface area contributed by atoms with Gasteiger partial charge in [-0.25, -0.2) is 0 Å². The summed E-state index contributed by atoms with van der Waals surface area (Å²) < 4.78 is 11.0. The van der Waals surface area contributed by atoms with Crippen molar-refractivity contribution >= 4 is 17.5 Å². The molecule has 2 amide bonds. The third kappa shape index (κ3) is 3.60. The molecule has 0 radical (unpaired) electrons. The number of carbonyl (C=O) groups is 2. The lowest BCUT2D eigenvalue weighted by molar-refractivity contribution is -0.148. The molecule has 0 spiro atoms. The molecule has 1 atom stereocenters. The zero-order valence-corrected chi connectivity index (χ0v) is 16.0. The van der Waals surface area contributed by atoms with Crippen molar-refractivity contribution in [3.8, 4) is 11.5 Å². The average molecular weight is 368 g/mol. The number of nitrogens with zero attached hydrogens (tertiary/aromatic N) is 1. The number of hydrogen-bond donors (Lipinski definition) is 1. The summed E-state index contributed by atoms with van der Waals surface area (Å²) in [5.41, 5.74) is 1.17. The van der Waals surface area contributed by atoms with Gasteiger partial charge in [0.05, 0.1) is 12.8 Å². The van der Waals surface area contributed by atoms with Crippen LogP contribution in [-0.4, -0.2) is 38.1 Å².